The average molecular weight is 257 g/mol. The van der Waals surface area contributed by atoms with Gasteiger partial charge in [0.05, 0.1) is 6.20 Å². The summed E-state index contributed by atoms with van der Waals surface area (Å²) in [6, 6.07) is 0. The molecule has 0 aliphatic carbocycles. The molecule has 2 rings (SSSR count). The Morgan fingerprint density at radius 3 is 2.82 bits per heavy atom. The van der Waals surface area contributed by atoms with Crippen molar-refractivity contribution in [2.75, 3.05) is 13.1 Å². The molecular formula is C11H19N3O2S. The number of imidazole rings is 1. The molecule has 1 aromatic rings. The highest BCUT2D eigenvalue weighted by Gasteiger charge is 2.27. The first-order chi connectivity index (χ1) is 8.00. The van der Waals surface area contributed by atoms with Crippen LogP contribution in [0.3, 0.4) is 0 Å². The Morgan fingerprint density at radius 1 is 1.41 bits per heavy atom. The van der Waals surface area contributed by atoms with Crippen LogP contribution in [0.15, 0.2) is 11.2 Å². The number of rotatable bonds is 2. The van der Waals surface area contributed by atoms with Gasteiger partial charge in [0.2, 0.25) is 0 Å². The van der Waals surface area contributed by atoms with Gasteiger partial charge < -0.3 is 4.98 Å². The lowest BCUT2D eigenvalue weighted by Crippen LogP contribution is -2.32. The van der Waals surface area contributed by atoms with Crippen molar-refractivity contribution in [1.29, 1.82) is 0 Å². The lowest BCUT2D eigenvalue weighted by molar-refractivity contribution is 0.415. The van der Waals surface area contributed by atoms with Gasteiger partial charge in [0.25, 0.3) is 10.0 Å². The first-order valence-corrected chi connectivity index (χ1v) is 7.46. The Hall–Kier alpha value is -0.880. The fourth-order valence-corrected chi connectivity index (χ4v) is 3.60. The Kier molecular flexibility index (Phi) is 3.53. The number of nitrogens with zero attached hydrogens (tertiary/aromatic N) is 2. The molecule has 5 nitrogen and oxygen atoms in total. The summed E-state index contributed by atoms with van der Waals surface area (Å²) < 4.78 is 26.2. The molecule has 0 amide bonds. The van der Waals surface area contributed by atoms with Gasteiger partial charge in [-0.1, -0.05) is 6.92 Å². The van der Waals surface area contributed by atoms with Gasteiger partial charge in [-0.05, 0) is 32.1 Å². The van der Waals surface area contributed by atoms with Gasteiger partial charge in [-0.15, -0.1) is 0 Å². The van der Waals surface area contributed by atoms with E-state index >= 15 is 0 Å². The normalized spacial score (nSPS) is 23.5. The first-order valence-electron chi connectivity index (χ1n) is 6.02. The molecule has 1 aliphatic heterocycles. The predicted molar refractivity (Wildman–Crippen MR) is 65.1 cm³/mol. The third-order valence-electron chi connectivity index (χ3n) is 3.27. The van der Waals surface area contributed by atoms with Crippen LogP contribution in [0.5, 0.6) is 0 Å². The monoisotopic (exact) mass is 257 g/mol. The zero-order valence-corrected chi connectivity index (χ0v) is 11.1. The molecule has 0 bridgehead atoms. The van der Waals surface area contributed by atoms with E-state index in [4.69, 9.17) is 0 Å². The molecule has 96 valence electrons. The van der Waals surface area contributed by atoms with Crippen molar-refractivity contribution < 1.29 is 8.42 Å². The molecule has 1 saturated heterocycles. The number of sulfonamides is 1. The minimum atomic E-state index is -3.37. The van der Waals surface area contributed by atoms with Crippen LogP contribution in [-0.4, -0.2) is 35.8 Å². The highest BCUT2D eigenvalue weighted by molar-refractivity contribution is 7.89. The van der Waals surface area contributed by atoms with Crippen LogP contribution in [0, 0.1) is 12.8 Å². The van der Waals surface area contributed by atoms with Crippen molar-refractivity contribution in [3.05, 3.63) is 12.0 Å². The van der Waals surface area contributed by atoms with Crippen molar-refractivity contribution in [1.82, 2.24) is 14.3 Å². The SMILES string of the molecule is Cc1ncc(S(=O)(=O)N2CCCC(C)CC2)[nH]1. The van der Waals surface area contributed by atoms with E-state index in [9.17, 15) is 8.42 Å². The van der Waals surface area contributed by atoms with Crippen molar-refractivity contribution in [2.45, 2.75) is 38.1 Å². The second-order valence-corrected chi connectivity index (χ2v) is 6.68. The summed E-state index contributed by atoms with van der Waals surface area (Å²) in [6.07, 6.45) is 4.38. The Balaban J connectivity index is 2.20. The van der Waals surface area contributed by atoms with Crippen molar-refractivity contribution in [3.63, 3.8) is 0 Å². The molecule has 0 radical (unpaired) electrons. The summed E-state index contributed by atoms with van der Waals surface area (Å²) in [7, 11) is -3.37. The summed E-state index contributed by atoms with van der Waals surface area (Å²) in [4.78, 5) is 6.76. The Bertz CT molecular complexity index is 481. The van der Waals surface area contributed by atoms with Gasteiger partial charge >= 0.3 is 0 Å². The van der Waals surface area contributed by atoms with Gasteiger partial charge in [-0.3, -0.25) is 0 Å². The van der Waals surface area contributed by atoms with E-state index < -0.39 is 10.0 Å². The zero-order chi connectivity index (χ0) is 12.5. The molecule has 1 N–H and O–H groups in total. The molecule has 0 saturated carbocycles. The Labute approximate surface area is 102 Å². The zero-order valence-electron chi connectivity index (χ0n) is 10.3. The summed E-state index contributed by atoms with van der Waals surface area (Å²) in [5.74, 6) is 1.24. The number of H-pyrrole nitrogens is 1. The van der Waals surface area contributed by atoms with Crippen LogP contribution in [-0.2, 0) is 10.0 Å². The molecule has 1 fully saturated rings. The highest BCUT2D eigenvalue weighted by atomic mass is 32.2. The first kappa shape index (κ1) is 12.6. The van der Waals surface area contributed by atoms with Gasteiger partial charge in [-0.2, -0.15) is 4.31 Å². The van der Waals surface area contributed by atoms with E-state index in [2.05, 4.69) is 16.9 Å². The lowest BCUT2D eigenvalue weighted by Gasteiger charge is -2.18. The molecular weight excluding hydrogens is 238 g/mol. The van der Waals surface area contributed by atoms with Crippen LogP contribution in [0.4, 0.5) is 0 Å². The van der Waals surface area contributed by atoms with Crippen LogP contribution >= 0.6 is 0 Å². The van der Waals surface area contributed by atoms with Crippen LogP contribution in [0.1, 0.15) is 32.0 Å². The van der Waals surface area contributed by atoms with Crippen LogP contribution < -0.4 is 0 Å². The minimum absolute atomic E-state index is 0.213. The number of nitrogens with one attached hydrogen (secondary N) is 1. The van der Waals surface area contributed by atoms with E-state index in [1.54, 1.807) is 11.2 Å². The molecule has 2 heterocycles. The van der Waals surface area contributed by atoms with Gasteiger partial charge in [0.1, 0.15) is 5.82 Å². The summed E-state index contributed by atoms with van der Waals surface area (Å²) in [6.45, 7) is 5.16. The van der Waals surface area contributed by atoms with E-state index in [1.165, 1.54) is 6.20 Å². The fraction of sp³-hybridized carbons (Fsp3) is 0.727. The predicted octanol–water partition coefficient (Wildman–Crippen LogP) is 1.53. The maximum absolute atomic E-state index is 12.3. The number of aromatic amines is 1. The molecule has 1 aromatic heterocycles. The average Bonchev–Trinajstić information content (AvgIpc) is 2.58. The van der Waals surface area contributed by atoms with Crippen molar-refractivity contribution >= 4 is 10.0 Å². The lowest BCUT2D eigenvalue weighted by atomic mass is 10.0. The molecule has 0 spiro atoms. The molecule has 0 aromatic carbocycles. The largest absolute Gasteiger partial charge is 0.332 e. The van der Waals surface area contributed by atoms with Gasteiger partial charge in [0, 0.05) is 13.1 Å². The molecule has 1 atom stereocenters. The van der Waals surface area contributed by atoms with Crippen molar-refractivity contribution in [2.24, 2.45) is 5.92 Å². The van der Waals surface area contributed by atoms with E-state index in [0.29, 0.717) is 24.8 Å². The van der Waals surface area contributed by atoms with E-state index in [-0.39, 0.29) is 5.03 Å². The standard InChI is InChI=1S/C11H19N3O2S/c1-9-4-3-6-14(7-5-9)17(15,16)11-8-12-10(2)13-11/h8-9H,3-7H2,1-2H3,(H,12,13). The second kappa shape index (κ2) is 4.78. The van der Waals surface area contributed by atoms with Crippen LogP contribution in [0.2, 0.25) is 0 Å². The maximum atomic E-state index is 12.3. The van der Waals surface area contributed by atoms with Crippen LogP contribution in [0.25, 0.3) is 0 Å². The number of aryl methyl sites for hydroxylation is 1. The number of hydrogen-bond donors (Lipinski definition) is 1. The number of hydrogen-bond acceptors (Lipinski definition) is 3. The molecule has 1 unspecified atom stereocenters. The smallest absolute Gasteiger partial charge is 0.260 e. The maximum Gasteiger partial charge on any atom is 0.260 e. The quantitative estimate of drug-likeness (QED) is 0.873. The second-order valence-electron chi connectivity index (χ2n) is 4.77. The van der Waals surface area contributed by atoms with E-state index in [1.807, 2.05) is 0 Å². The molecule has 17 heavy (non-hydrogen) atoms. The summed E-state index contributed by atoms with van der Waals surface area (Å²) in [5, 5.41) is 0.213. The van der Waals surface area contributed by atoms with E-state index in [0.717, 1.165) is 19.3 Å². The summed E-state index contributed by atoms with van der Waals surface area (Å²) in [5.41, 5.74) is 0. The van der Waals surface area contributed by atoms with Gasteiger partial charge in [-0.25, -0.2) is 13.4 Å². The molecule has 1 aliphatic rings. The highest BCUT2D eigenvalue weighted by Crippen LogP contribution is 2.21. The third-order valence-corrected chi connectivity index (χ3v) is 5.08. The van der Waals surface area contributed by atoms with Crippen molar-refractivity contribution in [3.8, 4) is 0 Å². The van der Waals surface area contributed by atoms with Gasteiger partial charge in [0.15, 0.2) is 5.03 Å². The Morgan fingerprint density at radius 2 is 2.18 bits per heavy atom. The fourth-order valence-electron chi connectivity index (χ4n) is 2.15. The topological polar surface area (TPSA) is 66.1 Å². The number of aromatic nitrogens is 2. The molecule has 6 heteroatoms. The minimum Gasteiger partial charge on any atom is -0.332 e. The third kappa shape index (κ3) is 2.69. The summed E-state index contributed by atoms with van der Waals surface area (Å²) >= 11 is 0.